The van der Waals surface area contributed by atoms with E-state index in [0.29, 0.717) is 12.0 Å². The monoisotopic (exact) mass is 518 g/mol. The summed E-state index contributed by atoms with van der Waals surface area (Å²) in [6, 6.07) is 6.92. The Morgan fingerprint density at radius 3 is 2.09 bits per heavy atom. The van der Waals surface area contributed by atoms with E-state index in [9.17, 15) is 22.0 Å². The second-order valence-electron chi connectivity index (χ2n) is 11.1. The van der Waals surface area contributed by atoms with Crippen molar-refractivity contribution in [1.82, 2.24) is 0 Å². The van der Waals surface area contributed by atoms with E-state index >= 15 is 0 Å². The largest absolute Gasteiger partial charge is 0.478 e. The molecule has 7 heteroatoms. The molecule has 200 valence electrons. The molecular formula is C28H43F5OSi. The maximum absolute atomic E-state index is 14.0. The van der Waals surface area contributed by atoms with Crippen LogP contribution in [0.5, 0.6) is 5.75 Å². The summed E-state index contributed by atoms with van der Waals surface area (Å²) in [4.78, 5) is 0. The SMILES string of the molecule is CCCCC[SiH]1CCC(C2CCC(CCCCc3cc(F)c(OCC(F)(F)F)c(F)c3)CC2)CC1. The lowest BCUT2D eigenvalue weighted by Crippen LogP contribution is -2.28. The van der Waals surface area contributed by atoms with Gasteiger partial charge >= 0.3 is 6.18 Å². The van der Waals surface area contributed by atoms with Crippen LogP contribution < -0.4 is 4.74 Å². The number of benzene rings is 1. The molecule has 1 aromatic carbocycles. The molecule has 0 spiro atoms. The Hall–Kier alpha value is -1.11. The lowest BCUT2D eigenvalue weighted by molar-refractivity contribution is -0.154. The fraction of sp³-hybridized carbons (Fsp3) is 0.786. The van der Waals surface area contributed by atoms with Crippen molar-refractivity contribution in [2.75, 3.05) is 6.61 Å². The van der Waals surface area contributed by atoms with Gasteiger partial charge in [0.05, 0.1) is 0 Å². The summed E-state index contributed by atoms with van der Waals surface area (Å²) in [6.07, 6.45) is 11.4. The zero-order valence-electron chi connectivity index (χ0n) is 21.3. The van der Waals surface area contributed by atoms with E-state index in [1.807, 2.05) is 0 Å². The zero-order chi connectivity index (χ0) is 25.3. The van der Waals surface area contributed by atoms with Gasteiger partial charge < -0.3 is 4.74 Å². The van der Waals surface area contributed by atoms with Gasteiger partial charge in [-0.1, -0.05) is 82.8 Å². The number of alkyl halides is 3. The van der Waals surface area contributed by atoms with Crippen LogP contribution in [-0.4, -0.2) is 21.6 Å². The molecule has 0 atom stereocenters. The van der Waals surface area contributed by atoms with Crippen LogP contribution in [0.25, 0.3) is 0 Å². The standard InChI is InChI=1S/C28H43F5OSi/c1-2-3-6-15-35-16-13-24(14-17-35)23-11-9-21(10-12-23)7-4-5-8-22-18-25(29)27(26(30)19-22)34-20-28(31,32)33/h18-19,21,23-24,35H,2-17,20H2,1H3. The van der Waals surface area contributed by atoms with E-state index in [1.165, 1.54) is 57.8 Å². The molecule has 35 heavy (non-hydrogen) atoms. The van der Waals surface area contributed by atoms with Gasteiger partial charge in [0, 0.05) is 8.80 Å². The van der Waals surface area contributed by atoms with E-state index in [0.717, 1.165) is 49.1 Å². The van der Waals surface area contributed by atoms with Crippen LogP contribution in [0.3, 0.4) is 0 Å². The fourth-order valence-electron chi connectivity index (χ4n) is 6.39. The molecule has 1 heterocycles. The Bertz CT molecular complexity index is 729. The topological polar surface area (TPSA) is 9.23 Å². The first-order valence-electron chi connectivity index (χ1n) is 13.9. The van der Waals surface area contributed by atoms with Crippen LogP contribution in [0.4, 0.5) is 22.0 Å². The third-order valence-corrected chi connectivity index (χ3v) is 12.0. The van der Waals surface area contributed by atoms with Crippen molar-refractivity contribution in [2.45, 2.75) is 115 Å². The van der Waals surface area contributed by atoms with Crippen molar-refractivity contribution in [1.29, 1.82) is 0 Å². The minimum atomic E-state index is -4.63. The quantitative estimate of drug-likeness (QED) is 0.152. The van der Waals surface area contributed by atoms with E-state index in [-0.39, 0.29) is 0 Å². The van der Waals surface area contributed by atoms with Gasteiger partial charge in [0.15, 0.2) is 24.0 Å². The average molecular weight is 519 g/mol. The number of ether oxygens (including phenoxy) is 1. The number of rotatable bonds is 12. The first kappa shape index (κ1) is 28.5. The van der Waals surface area contributed by atoms with Gasteiger partial charge in [-0.3, -0.25) is 0 Å². The van der Waals surface area contributed by atoms with Crippen LogP contribution in [0, 0.1) is 29.4 Å². The molecule has 1 nitrogen and oxygen atoms in total. The lowest BCUT2D eigenvalue weighted by Gasteiger charge is -2.37. The Morgan fingerprint density at radius 2 is 1.49 bits per heavy atom. The molecule has 1 aliphatic carbocycles. The molecule has 0 amide bonds. The third-order valence-electron chi connectivity index (χ3n) is 8.43. The van der Waals surface area contributed by atoms with Crippen molar-refractivity contribution < 1.29 is 26.7 Å². The molecule has 0 unspecified atom stereocenters. The highest BCUT2D eigenvalue weighted by molar-refractivity contribution is 6.58. The number of unbranched alkanes of at least 4 members (excludes halogenated alkanes) is 3. The Labute approximate surface area is 209 Å². The third kappa shape index (κ3) is 9.69. The Kier molecular flexibility index (Phi) is 11.4. The van der Waals surface area contributed by atoms with Gasteiger partial charge in [-0.05, 0) is 61.1 Å². The minimum absolute atomic E-state index is 0.428. The second kappa shape index (κ2) is 14.0. The maximum atomic E-state index is 14.0. The summed E-state index contributed by atoms with van der Waals surface area (Å²) in [6.45, 7) is 0.587. The van der Waals surface area contributed by atoms with Crippen molar-refractivity contribution in [3.8, 4) is 5.75 Å². The van der Waals surface area contributed by atoms with E-state index in [1.54, 1.807) is 18.1 Å². The highest BCUT2D eigenvalue weighted by Gasteiger charge is 2.31. The first-order chi connectivity index (χ1) is 16.7. The molecule has 1 aromatic rings. The van der Waals surface area contributed by atoms with E-state index in [2.05, 4.69) is 11.7 Å². The Morgan fingerprint density at radius 1 is 0.857 bits per heavy atom. The molecule has 0 N–H and O–H groups in total. The van der Waals surface area contributed by atoms with Crippen LogP contribution in [0.15, 0.2) is 12.1 Å². The molecular weight excluding hydrogens is 475 g/mol. The van der Waals surface area contributed by atoms with Gasteiger partial charge in [0.2, 0.25) is 0 Å². The van der Waals surface area contributed by atoms with E-state index in [4.69, 9.17) is 0 Å². The molecule has 2 fully saturated rings. The van der Waals surface area contributed by atoms with Crippen molar-refractivity contribution in [3.05, 3.63) is 29.3 Å². The van der Waals surface area contributed by atoms with Gasteiger partial charge in [0.25, 0.3) is 0 Å². The molecule has 3 rings (SSSR count). The number of hydrogen-bond donors (Lipinski definition) is 0. The summed E-state index contributed by atoms with van der Waals surface area (Å²) < 4.78 is 69.1. The van der Waals surface area contributed by atoms with E-state index < -0.39 is 39.0 Å². The van der Waals surface area contributed by atoms with Gasteiger partial charge in [-0.25, -0.2) is 8.78 Å². The number of hydrogen-bond acceptors (Lipinski definition) is 1. The summed E-state index contributed by atoms with van der Waals surface area (Å²) in [7, 11) is -0.428. The van der Waals surface area contributed by atoms with Gasteiger partial charge in [0.1, 0.15) is 0 Å². The van der Waals surface area contributed by atoms with Crippen molar-refractivity contribution in [2.24, 2.45) is 17.8 Å². The number of halogens is 5. The molecule has 2 aliphatic rings. The van der Waals surface area contributed by atoms with Gasteiger partial charge in [-0.15, -0.1) is 0 Å². The lowest BCUT2D eigenvalue weighted by atomic mass is 9.73. The summed E-state index contributed by atoms with van der Waals surface area (Å²) in [5.41, 5.74) is 0.469. The zero-order valence-corrected chi connectivity index (χ0v) is 22.4. The van der Waals surface area contributed by atoms with Crippen LogP contribution in [0.2, 0.25) is 18.1 Å². The normalized spacial score (nSPS) is 25.5. The van der Waals surface area contributed by atoms with Crippen molar-refractivity contribution >= 4 is 8.80 Å². The molecule has 1 saturated carbocycles. The van der Waals surface area contributed by atoms with Crippen LogP contribution in [-0.2, 0) is 6.42 Å². The summed E-state index contributed by atoms with van der Waals surface area (Å²) >= 11 is 0. The molecule has 1 saturated heterocycles. The molecule has 0 aromatic heterocycles. The number of aryl methyl sites for hydroxylation is 1. The first-order valence-corrected chi connectivity index (χ1v) is 16.4. The average Bonchev–Trinajstić information content (AvgIpc) is 2.82. The summed E-state index contributed by atoms with van der Waals surface area (Å²) in [5.74, 6) is -0.423. The maximum Gasteiger partial charge on any atom is 0.422 e. The van der Waals surface area contributed by atoms with Crippen LogP contribution >= 0.6 is 0 Å². The molecule has 0 bridgehead atoms. The minimum Gasteiger partial charge on any atom is -0.478 e. The second-order valence-corrected chi connectivity index (χ2v) is 14.6. The smallest absolute Gasteiger partial charge is 0.422 e. The highest BCUT2D eigenvalue weighted by Crippen LogP contribution is 2.42. The summed E-state index contributed by atoms with van der Waals surface area (Å²) in [5, 5.41) is 0. The Balaban J connectivity index is 1.31. The van der Waals surface area contributed by atoms with Crippen LogP contribution in [0.1, 0.15) is 89.5 Å². The van der Waals surface area contributed by atoms with Gasteiger partial charge in [-0.2, -0.15) is 13.2 Å². The molecule has 1 aliphatic heterocycles. The highest BCUT2D eigenvalue weighted by atomic mass is 28.3. The predicted octanol–water partition coefficient (Wildman–Crippen LogP) is 9.25. The molecule has 0 radical (unpaired) electrons. The fourth-order valence-corrected chi connectivity index (χ4v) is 9.92. The predicted molar refractivity (Wildman–Crippen MR) is 135 cm³/mol. The van der Waals surface area contributed by atoms with Crippen molar-refractivity contribution in [3.63, 3.8) is 0 Å².